The number of benzene rings is 1. The molecule has 0 heterocycles. The van der Waals surface area contributed by atoms with E-state index in [9.17, 15) is 5.11 Å². The van der Waals surface area contributed by atoms with Crippen LogP contribution in [0.4, 0.5) is 0 Å². The van der Waals surface area contributed by atoms with Crippen LogP contribution < -0.4 is 5.73 Å². The topological polar surface area (TPSA) is 46.2 Å². The van der Waals surface area contributed by atoms with Crippen LogP contribution in [0.5, 0.6) is 0 Å². The molecule has 72 valence electrons. The number of nitrogens with two attached hydrogens (primary N) is 1. The Hall–Kier alpha value is -0.570. The first-order valence-electron chi connectivity index (χ1n) is 4.22. The molecule has 0 spiro atoms. The van der Waals surface area contributed by atoms with Crippen LogP contribution in [-0.2, 0) is 0 Å². The van der Waals surface area contributed by atoms with E-state index in [2.05, 4.69) is 0 Å². The lowest BCUT2D eigenvalue weighted by Crippen LogP contribution is -2.23. The molecule has 1 aromatic carbocycles. The van der Waals surface area contributed by atoms with Gasteiger partial charge in [-0.3, -0.25) is 0 Å². The highest BCUT2D eigenvalue weighted by atomic mass is 35.5. The van der Waals surface area contributed by atoms with Crippen molar-refractivity contribution in [1.29, 1.82) is 0 Å². The van der Waals surface area contributed by atoms with Crippen molar-refractivity contribution in [2.75, 3.05) is 0 Å². The molecule has 0 bridgehead atoms. The van der Waals surface area contributed by atoms with Crippen LogP contribution in [-0.4, -0.2) is 11.2 Å². The molecule has 0 radical (unpaired) electrons. The number of hydrogen-bond acceptors (Lipinski definition) is 2. The summed E-state index contributed by atoms with van der Waals surface area (Å²) < 4.78 is 0. The van der Waals surface area contributed by atoms with Crippen molar-refractivity contribution in [3.63, 3.8) is 0 Å². The summed E-state index contributed by atoms with van der Waals surface area (Å²) in [7, 11) is 0. The summed E-state index contributed by atoms with van der Waals surface area (Å²) in [5.41, 5.74) is 7.67. The van der Waals surface area contributed by atoms with Crippen LogP contribution >= 0.6 is 11.6 Å². The summed E-state index contributed by atoms with van der Waals surface area (Å²) in [5, 5.41) is 9.92. The van der Waals surface area contributed by atoms with Gasteiger partial charge in [-0.05, 0) is 25.5 Å². The van der Waals surface area contributed by atoms with Gasteiger partial charge < -0.3 is 10.8 Å². The van der Waals surface area contributed by atoms with Gasteiger partial charge in [0.15, 0.2) is 0 Å². The minimum absolute atomic E-state index is 0.410. The van der Waals surface area contributed by atoms with E-state index in [0.717, 1.165) is 11.1 Å². The van der Waals surface area contributed by atoms with Crippen LogP contribution in [0.2, 0.25) is 5.02 Å². The van der Waals surface area contributed by atoms with Crippen molar-refractivity contribution in [1.82, 2.24) is 0 Å². The van der Waals surface area contributed by atoms with Gasteiger partial charge in [-0.25, -0.2) is 0 Å². The fourth-order valence-corrected chi connectivity index (χ4v) is 1.42. The predicted molar refractivity (Wildman–Crippen MR) is 54.8 cm³/mol. The second-order valence-electron chi connectivity index (χ2n) is 3.29. The fraction of sp³-hybridized carbons (Fsp3) is 0.400. The zero-order chi connectivity index (χ0) is 10.0. The average Bonchev–Trinajstić information content (AvgIpc) is 2.08. The number of rotatable bonds is 2. The first kappa shape index (κ1) is 10.5. The number of hydrogen-bond donors (Lipinski definition) is 2. The van der Waals surface area contributed by atoms with E-state index < -0.39 is 12.1 Å². The highest BCUT2D eigenvalue weighted by Crippen LogP contribution is 2.24. The Bertz CT molecular complexity index is 299. The van der Waals surface area contributed by atoms with Crippen LogP contribution in [0.25, 0.3) is 0 Å². The molecular formula is C10H14ClNO. The standard InChI is InChI=1S/C10H14ClNO/c1-6-3-4-9(11)8(5-6)10(12)7(2)13/h3-5,7,10,13H,12H2,1-2H3. The second-order valence-corrected chi connectivity index (χ2v) is 3.70. The van der Waals surface area contributed by atoms with E-state index in [1.807, 2.05) is 19.1 Å². The summed E-state index contributed by atoms with van der Waals surface area (Å²) in [6, 6.07) is 5.21. The Labute approximate surface area is 83.3 Å². The van der Waals surface area contributed by atoms with Gasteiger partial charge in [0.1, 0.15) is 0 Å². The second kappa shape index (κ2) is 4.09. The largest absolute Gasteiger partial charge is 0.391 e. The zero-order valence-corrected chi connectivity index (χ0v) is 8.55. The molecule has 2 atom stereocenters. The number of aliphatic hydroxyl groups is 1. The van der Waals surface area contributed by atoms with E-state index in [4.69, 9.17) is 17.3 Å². The quantitative estimate of drug-likeness (QED) is 0.766. The van der Waals surface area contributed by atoms with Crippen molar-refractivity contribution in [3.8, 4) is 0 Å². The lowest BCUT2D eigenvalue weighted by Gasteiger charge is -2.16. The van der Waals surface area contributed by atoms with Crippen LogP contribution in [0, 0.1) is 6.92 Å². The molecule has 0 saturated carbocycles. The Balaban J connectivity index is 3.05. The number of halogens is 1. The molecule has 1 aromatic rings. The summed E-state index contributed by atoms with van der Waals surface area (Å²) in [6.07, 6.45) is -0.584. The van der Waals surface area contributed by atoms with Gasteiger partial charge in [0.05, 0.1) is 12.1 Å². The Morgan fingerprint density at radius 1 is 1.46 bits per heavy atom. The third-order valence-electron chi connectivity index (χ3n) is 2.03. The molecule has 13 heavy (non-hydrogen) atoms. The van der Waals surface area contributed by atoms with Crippen molar-refractivity contribution in [2.45, 2.75) is 26.0 Å². The highest BCUT2D eigenvalue weighted by molar-refractivity contribution is 6.31. The highest BCUT2D eigenvalue weighted by Gasteiger charge is 2.14. The van der Waals surface area contributed by atoms with Gasteiger partial charge in [0.25, 0.3) is 0 Å². The van der Waals surface area contributed by atoms with E-state index in [1.54, 1.807) is 13.0 Å². The molecule has 0 aromatic heterocycles. The summed E-state index contributed by atoms with van der Waals surface area (Å²) in [4.78, 5) is 0. The third kappa shape index (κ3) is 2.44. The average molecular weight is 200 g/mol. The minimum Gasteiger partial charge on any atom is -0.391 e. The maximum Gasteiger partial charge on any atom is 0.0705 e. The molecule has 2 nitrogen and oxygen atoms in total. The van der Waals surface area contributed by atoms with Crippen LogP contribution in [0.3, 0.4) is 0 Å². The van der Waals surface area contributed by atoms with Gasteiger partial charge in [0.2, 0.25) is 0 Å². The maximum absolute atomic E-state index is 9.31. The molecule has 3 heteroatoms. The summed E-state index contributed by atoms with van der Waals surface area (Å²) >= 11 is 5.94. The summed E-state index contributed by atoms with van der Waals surface area (Å²) in [5.74, 6) is 0. The Morgan fingerprint density at radius 2 is 2.08 bits per heavy atom. The van der Waals surface area contributed by atoms with Gasteiger partial charge in [-0.2, -0.15) is 0 Å². The molecule has 0 saturated heterocycles. The third-order valence-corrected chi connectivity index (χ3v) is 2.37. The predicted octanol–water partition coefficient (Wildman–Crippen LogP) is 2.03. The smallest absolute Gasteiger partial charge is 0.0705 e. The van der Waals surface area contributed by atoms with Gasteiger partial charge >= 0.3 is 0 Å². The summed E-state index contributed by atoms with van der Waals surface area (Å²) in [6.45, 7) is 3.62. The van der Waals surface area contributed by atoms with Gasteiger partial charge in [-0.15, -0.1) is 0 Å². The molecule has 0 aliphatic heterocycles. The molecule has 3 N–H and O–H groups in total. The van der Waals surface area contributed by atoms with Crippen molar-refractivity contribution >= 4 is 11.6 Å². The van der Waals surface area contributed by atoms with Crippen LogP contribution in [0.1, 0.15) is 24.1 Å². The molecule has 0 aliphatic carbocycles. The van der Waals surface area contributed by atoms with E-state index in [1.165, 1.54) is 0 Å². The SMILES string of the molecule is Cc1ccc(Cl)c(C(N)C(C)O)c1. The molecule has 0 amide bonds. The zero-order valence-electron chi connectivity index (χ0n) is 7.79. The molecule has 0 fully saturated rings. The van der Waals surface area contributed by atoms with Crippen LogP contribution in [0.15, 0.2) is 18.2 Å². The first-order chi connectivity index (χ1) is 6.02. The van der Waals surface area contributed by atoms with E-state index in [-0.39, 0.29) is 0 Å². The van der Waals surface area contributed by atoms with Crippen molar-refractivity contribution < 1.29 is 5.11 Å². The molecule has 2 unspecified atom stereocenters. The van der Waals surface area contributed by atoms with Crippen molar-refractivity contribution in [2.24, 2.45) is 5.73 Å². The van der Waals surface area contributed by atoms with E-state index >= 15 is 0 Å². The normalized spacial score (nSPS) is 15.5. The first-order valence-corrected chi connectivity index (χ1v) is 4.60. The molecular weight excluding hydrogens is 186 g/mol. The van der Waals surface area contributed by atoms with Gasteiger partial charge in [-0.1, -0.05) is 29.3 Å². The Kier molecular flexibility index (Phi) is 3.31. The molecule has 0 aliphatic rings. The number of aliphatic hydroxyl groups excluding tert-OH is 1. The number of aryl methyl sites for hydroxylation is 1. The monoisotopic (exact) mass is 199 g/mol. The Morgan fingerprint density at radius 3 is 2.62 bits per heavy atom. The maximum atomic E-state index is 9.31. The van der Waals surface area contributed by atoms with E-state index in [0.29, 0.717) is 5.02 Å². The molecule has 1 rings (SSSR count). The van der Waals surface area contributed by atoms with Crippen molar-refractivity contribution in [3.05, 3.63) is 34.3 Å². The lowest BCUT2D eigenvalue weighted by molar-refractivity contribution is 0.164. The van der Waals surface area contributed by atoms with Gasteiger partial charge in [0, 0.05) is 5.02 Å². The lowest BCUT2D eigenvalue weighted by atomic mass is 10.0. The minimum atomic E-state index is -0.584. The fourth-order valence-electron chi connectivity index (χ4n) is 1.18.